The van der Waals surface area contributed by atoms with Gasteiger partial charge in [0.1, 0.15) is 4.90 Å². The minimum atomic E-state index is -3.97. The van der Waals surface area contributed by atoms with Gasteiger partial charge in [0.2, 0.25) is 0 Å². The molecule has 0 atom stereocenters. The fraction of sp³-hybridized carbons (Fsp3) is 0.0952. The summed E-state index contributed by atoms with van der Waals surface area (Å²) in [6.45, 7) is 4.01. The van der Waals surface area contributed by atoms with E-state index in [-0.39, 0.29) is 10.6 Å². The van der Waals surface area contributed by atoms with Gasteiger partial charge in [-0.1, -0.05) is 35.9 Å². The number of hydrogen-bond acceptors (Lipinski definition) is 4. The summed E-state index contributed by atoms with van der Waals surface area (Å²) in [5, 5.41) is 0.454. The second kappa shape index (κ2) is 7.94. The number of rotatable bonds is 5. The van der Waals surface area contributed by atoms with Crippen LogP contribution in [-0.4, -0.2) is 14.6 Å². The molecule has 0 saturated heterocycles. The molecule has 0 aliphatic carbocycles. The van der Waals surface area contributed by atoms with Crippen molar-refractivity contribution in [2.75, 3.05) is 0 Å². The van der Waals surface area contributed by atoms with Crippen molar-refractivity contribution in [3.8, 4) is 5.75 Å². The molecule has 3 aromatic rings. The summed E-state index contributed by atoms with van der Waals surface area (Å²) in [7, 11) is -3.97. The Labute approximate surface area is 164 Å². The van der Waals surface area contributed by atoms with Crippen molar-refractivity contribution in [2.24, 2.45) is 4.99 Å². The van der Waals surface area contributed by atoms with Gasteiger partial charge in [-0.3, -0.25) is 4.99 Å². The second-order valence-electron chi connectivity index (χ2n) is 6.01. The molecule has 0 aromatic heterocycles. The standard InChI is InChI=1S/C21H18ClNO3S/c1-15-6-5-8-20(16(15)2)23-14-17-7-3-4-9-21(17)26-27(24,25)19-12-10-18(22)11-13-19/h3-14H,1-2H3. The van der Waals surface area contributed by atoms with E-state index in [2.05, 4.69) is 4.99 Å². The van der Waals surface area contributed by atoms with E-state index < -0.39 is 10.1 Å². The highest BCUT2D eigenvalue weighted by Crippen LogP contribution is 2.25. The van der Waals surface area contributed by atoms with Crippen LogP contribution in [0.4, 0.5) is 5.69 Å². The summed E-state index contributed by atoms with van der Waals surface area (Å²) < 4.78 is 30.4. The molecule has 138 valence electrons. The van der Waals surface area contributed by atoms with Crippen LogP contribution < -0.4 is 4.18 Å². The molecule has 3 rings (SSSR count). The van der Waals surface area contributed by atoms with E-state index >= 15 is 0 Å². The molecule has 0 bridgehead atoms. The predicted octanol–water partition coefficient (Wildman–Crippen LogP) is 5.48. The maximum atomic E-state index is 12.5. The molecular weight excluding hydrogens is 382 g/mol. The Morgan fingerprint density at radius 3 is 2.37 bits per heavy atom. The van der Waals surface area contributed by atoms with Gasteiger partial charge in [-0.2, -0.15) is 8.42 Å². The van der Waals surface area contributed by atoms with E-state index in [0.29, 0.717) is 10.6 Å². The van der Waals surface area contributed by atoms with Crippen LogP contribution >= 0.6 is 11.6 Å². The molecule has 0 saturated carbocycles. The number of aryl methyl sites for hydroxylation is 1. The van der Waals surface area contributed by atoms with Crippen molar-refractivity contribution < 1.29 is 12.6 Å². The molecule has 0 N–H and O–H groups in total. The molecular formula is C21H18ClNO3S. The van der Waals surface area contributed by atoms with Crippen molar-refractivity contribution in [1.82, 2.24) is 0 Å². The van der Waals surface area contributed by atoms with Gasteiger partial charge in [-0.15, -0.1) is 0 Å². The lowest BCUT2D eigenvalue weighted by molar-refractivity contribution is 0.485. The molecule has 0 heterocycles. The zero-order valence-corrected chi connectivity index (χ0v) is 16.5. The quantitative estimate of drug-likeness (QED) is 0.422. The summed E-state index contributed by atoms with van der Waals surface area (Å²) in [6, 6.07) is 18.5. The molecule has 0 aliphatic heterocycles. The third kappa shape index (κ3) is 4.56. The van der Waals surface area contributed by atoms with Crippen molar-refractivity contribution in [3.05, 3.63) is 88.4 Å². The number of nitrogens with zero attached hydrogens (tertiary/aromatic N) is 1. The third-order valence-electron chi connectivity index (χ3n) is 4.14. The van der Waals surface area contributed by atoms with Crippen LogP contribution in [0.1, 0.15) is 16.7 Å². The molecule has 4 nitrogen and oxygen atoms in total. The smallest absolute Gasteiger partial charge is 0.339 e. The summed E-state index contributed by atoms with van der Waals surface area (Å²) in [5.74, 6) is 0.210. The molecule has 0 spiro atoms. The normalized spacial score (nSPS) is 11.7. The van der Waals surface area contributed by atoms with Gasteiger partial charge < -0.3 is 4.18 Å². The number of benzene rings is 3. The van der Waals surface area contributed by atoms with Gasteiger partial charge in [0.05, 0.1) is 5.69 Å². The fourth-order valence-corrected chi connectivity index (χ4v) is 3.52. The third-order valence-corrected chi connectivity index (χ3v) is 5.64. The van der Waals surface area contributed by atoms with Crippen molar-refractivity contribution in [1.29, 1.82) is 0 Å². The Morgan fingerprint density at radius 1 is 0.926 bits per heavy atom. The van der Waals surface area contributed by atoms with Crippen LogP contribution in [-0.2, 0) is 10.1 Å². The van der Waals surface area contributed by atoms with Crippen LogP contribution in [0, 0.1) is 13.8 Å². The highest BCUT2D eigenvalue weighted by atomic mass is 35.5. The van der Waals surface area contributed by atoms with Crippen LogP contribution in [0.15, 0.2) is 76.6 Å². The first kappa shape index (κ1) is 19.1. The SMILES string of the molecule is Cc1cccc(N=Cc2ccccc2OS(=O)(=O)c2ccc(Cl)cc2)c1C. The minimum Gasteiger partial charge on any atom is -0.378 e. The van der Waals surface area contributed by atoms with Gasteiger partial charge in [-0.05, 0) is 67.4 Å². The Balaban J connectivity index is 1.91. The fourth-order valence-electron chi connectivity index (χ4n) is 2.45. The first-order valence-corrected chi connectivity index (χ1v) is 10.0. The Morgan fingerprint density at radius 2 is 1.63 bits per heavy atom. The Kier molecular flexibility index (Phi) is 5.63. The molecule has 3 aromatic carbocycles. The van der Waals surface area contributed by atoms with Crippen LogP contribution in [0.3, 0.4) is 0 Å². The second-order valence-corrected chi connectivity index (χ2v) is 7.99. The summed E-state index contributed by atoms with van der Waals surface area (Å²) in [4.78, 5) is 4.53. The Bertz CT molecular complexity index is 1090. The molecule has 0 unspecified atom stereocenters. The molecule has 0 aliphatic rings. The van der Waals surface area contributed by atoms with Crippen molar-refractivity contribution in [3.63, 3.8) is 0 Å². The number of halogens is 1. The van der Waals surface area contributed by atoms with Crippen molar-refractivity contribution in [2.45, 2.75) is 18.7 Å². The lowest BCUT2D eigenvalue weighted by Gasteiger charge is -2.09. The first-order chi connectivity index (χ1) is 12.9. The maximum absolute atomic E-state index is 12.5. The number of hydrogen-bond donors (Lipinski definition) is 0. The molecule has 6 heteroatoms. The van der Waals surface area contributed by atoms with E-state index in [1.54, 1.807) is 30.5 Å². The average Bonchev–Trinajstić information content (AvgIpc) is 2.64. The van der Waals surface area contributed by atoms with Gasteiger partial charge in [0, 0.05) is 16.8 Å². The summed E-state index contributed by atoms with van der Waals surface area (Å²) in [5.41, 5.74) is 3.60. The Hall–Kier alpha value is -2.63. The maximum Gasteiger partial charge on any atom is 0.339 e. The van der Waals surface area contributed by atoms with Crippen molar-refractivity contribution >= 4 is 33.6 Å². The van der Waals surface area contributed by atoms with E-state index in [1.165, 1.54) is 24.3 Å². The average molecular weight is 400 g/mol. The van der Waals surface area contributed by atoms with Crippen LogP contribution in [0.25, 0.3) is 0 Å². The molecule has 27 heavy (non-hydrogen) atoms. The number of aliphatic imine (C=N–C) groups is 1. The predicted molar refractivity (Wildman–Crippen MR) is 109 cm³/mol. The van der Waals surface area contributed by atoms with Crippen LogP contribution in [0.5, 0.6) is 5.75 Å². The van der Waals surface area contributed by atoms with E-state index in [4.69, 9.17) is 15.8 Å². The summed E-state index contributed by atoms with van der Waals surface area (Å²) >= 11 is 5.82. The zero-order valence-electron chi connectivity index (χ0n) is 14.9. The van der Waals surface area contributed by atoms with E-state index in [0.717, 1.165) is 16.8 Å². The zero-order chi connectivity index (χ0) is 19.4. The lowest BCUT2D eigenvalue weighted by Crippen LogP contribution is -2.10. The largest absolute Gasteiger partial charge is 0.378 e. The van der Waals surface area contributed by atoms with Crippen LogP contribution in [0.2, 0.25) is 5.02 Å². The van der Waals surface area contributed by atoms with Gasteiger partial charge >= 0.3 is 10.1 Å². The lowest BCUT2D eigenvalue weighted by atomic mass is 10.1. The van der Waals surface area contributed by atoms with E-state index in [9.17, 15) is 8.42 Å². The van der Waals surface area contributed by atoms with Gasteiger partial charge in [0.25, 0.3) is 0 Å². The highest BCUT2D eigenvalue weighted by Gasteiger charge is 2.18. The molecule has 0 fully saturated rings. The topological polar surface area (TPSA) is 55.7 Å². The van der Waals surface area contributed by atoms with Gasteiger partial charge in [-0.25, -0.2) is 0 Å². The number of para-hydroxylation sites is 1. The summed E-state index contributed by atoms with van der Waals surface area (Å²) in [6.07, 6.45) is 1.61. The molecule has 0 radical (unpaired) electrons. The first-order valence-electron chi connectivity index (χ1n) is 8.26. The highest BCUT2D eigenvalue weighted by molar-refractivity contribution is 7.87. The van der Waals surface area contributed by atoms with Gasteiger partial charge in [0.15, 0.2) is 5.75 Å². The monoisotopic (exact) mass is 399 g/mol. The molecule has 0 amide bonds. The van der Waals surface area contributed by atoms with E-state index in [1.807, 2.05) is 32.0 Å². The minimum absolute atomic E-state index is 0.0353.